The molecule has 1 fully saturated rings. The fourth-order valence-corrected chi connectivity index (χ4v) is 4.19. The van der Waals surface area contributed by atoms with Crippen LogP contribution in [-0.4, -0.2) is 35.1 Å². The molecule has 0 radical (unpaired) electrons. The number of benzene rings is 3. The summed E-state index contributed by atoms with van der Waals surface area (Å²) >= 11 is 0. The molecule has 3 aromatic rings. The summed E-state index contributed by atoms with van der Waals surface area (Å²) in [5.74, 6) is -1.44. The minimum atomic E-state index is -1.02. The van der Waals surface area contributed by atoms with E-state index in [1.807, 2.05) is 13.0 Å². The van der Waals surface area contributed by atoms with Crippen LogP contribution in [0.1, 0.15) is 43.0 Å². The first-order valence-corrected chi connectivity index (χ1v) is 11.9. The van der Waals surface area contributed by atoms with Gasteiger partial charge in [-0.1, -0.05) is 25.1 Å². The molecule has 0 saturated carbocycles. The molecule has 3 aromatic carbocycles. The van der Waals surface area contributed by atoms with Gasteiger partial charge in [-0.25, -0.2) is 0 Å². The molecular formula is C29H26N2O6. The van der Waals surface area contributed by atoms with Crippen LogP contribution in [0, 0.1) is 11.3 Å². The van der Waals surface area contributed by atoms with Crippen molar-refractivity contribution in [1.82, 2.24) is 0 Å². The maximum atomic E-state index is 13.4. The van der Waals surface area contributed by atoms with Gasteiger partial charge in [0.2, 0.25) is 0 Å². The summed E-state index contributed by atoms with van der Waals surface area (Å²) < 4.78 is 11.2. The average Bonchev–Trinajstić information content (AvgIpc) is 3.18. The van der Waals surface area contributed by atoms with Gasteiger partial charge in [-0.05, 0) is 67.4 Å². The molecule has 0 aromatic heterocycles. The number of rotatable bonds is 8. The van der Waals surface area contributed by atoms with Crippen molar-refractivity contribution in [2.75, 3.05) is 18.1 Å². The van der Waals surface area contributed by atoms with E-state index in [2.05, 4.69) is 0 Å². The highest BCUT2D eigenvalue weighted by atomic mass is 16.5. The Bertz CT molecular complexity index is 1400. The van der Waals surface area contributed by atoms with Crippen molar-refractivity contribution in [1.29, 1.82) is 5.26 Å². The molecule has 0 bridgehead atoms. The smallest absolute Gasteiger partial charge is 0.300 e. The van der Waals surface area contributed by atoms with Crippen LogP contribution in [0.2, 0.25) is 0 Å². The van der Waals surface area contributed by atoms with Crippen LogP contribution in [0.5, 0.6) is 17.2 Å². The largest absolute Gasteiger partial charge is 0.507 e. The molecule has 1 aliphatic heterocycles. The minimum Gasteiger partial charge on any atom is -0.507 e. The van der Waals surface area contributed by atoms with Crippen molar-refractivity contribution < 1.29 is 29.3 Å². The number of aromatic hydroxyl groups is 1. The van der Waals surface area contributed by atoms with Gasteiger partial charge in [0.15, 0.2) is 11.5 Å². The normalized spacial score (nSPS) is 16.5. The molecule has 2 N–H and O–H groups in total. The third kappa shape index (κ3) is 4.98. The fraction of sp³-hybridized carbons (Fsp3) is 0.207. The van der Waals surface area contributed by atoms with Crippen LogP contribution >= 0.6 is 0 Å². The topological polar surface area (TPSA) is 120 Å². The molecule has 0 spiro atoms. The van der Waals surface area contributed by atoms with Crippen molar-refractivity contribution in [3.63, 3.8) is 0 Å². The van der Waals surface area contributed by atoms with Crippen LogP contribution in [0.15, 0.2) is 72.3 Å². The lowest BCUT2D eigenvalue weighted by Crippen LogP contribution is -2.29. The molecule has 1 heterocycles. The van der Waals surface area contributed by atoms with E-state index >= 15 is 0 Å². The number of nitrogens with zero attached hydrogens (tertiary/aromatic N) is 2. The van der Waals surface area contributed by atoms with Crippen LogP contribution in [0.25, 0.3) is 5.76 Å². The van der Waals surface area contributed by atoms with E-state index in [1.54, 1.807) is 67.6 Å². The second-order valence-corrected chi connectivity index (χ2v) is 8.36. The monoisotopic (exact) mass is 498 g/mol. The van der Waals surface area contributed by atoms with E-state index in [4.69, 9.17) is 14.7 Å². The Morgan fingerprint density at radius 3 is 2.46 bits per heavy atom. The lowest BCUT2D eigenvalue weighted by atomic mass is 9.94. The highest BCUT2D eigenvalue weighted by Gasteiger charge is 2.47. The van der Waals surface area contributed by atoms with E-state index in [9.17, 15) is 19.8 Å². The molecule has 8 nitrogen and oxygen atoms in total. The molecule has 1 aliphatic rings. The zero-order chi connectivity index (χ0) is 26.5. The number of hydrogen-bond acceptors (Lipinski definition) is 7. The summed E-state index contributed by atoms with van der Waals surface area (Å²) in [4.78, 5) is 28.0. The Labute approximate surface area is 214 Å². The van der Waals surface area contributed by atoms with Gasteiger partial charge in [0.25, 0.3) is 11.7 Å². The Hall–Kier alpha value is -4.77. The maximum Gasteiger partial charge on any atom is 0.300 e. The van der Waals surface area contributed by atoms with Gasteiger partial charge in [-0.15, -0.1) is 0 Å². The molecule has 1 amide bonds. The van der Waals surface area contributed by atoms with Gasteiger partial charge >= 0.3 is 0 Å². The number of carbonyl (C=O) groups excluding carboxylic acids is 2. The van der Waals surface area contributed by atoms with Gasteiger partial charge in [0, 0.05) is 11.3 Å². The molecule has 37 heavy (non-hydrogen) atoms. The fourth-order valence-electron chi connectivity index (χ4n) is 4.19. The Kier molecular flexibility index (Phi) is 7.44. The van der Waals surface area contributed by atoms with Crippen molar-refractivity contribution in [3.8, 4) is 23.3 Å². The second kappa shape index (κ2) is 10.9. The number of Topliss-reactive ketones (excluding diaryl/α,β-unsaturated/α-hetero) is 1. The predicted molar refractivity (Wildman–Crippen MR) is 137 cm³/mol. The number of anilines is 1. The summed E-state index contributed by atoms with van der Waals surface area (Å²) in [6.45, 7) is 4.52. The van der Waals surface area contributed by atoms with Crippen molar-refractivity contribution >= 4 is 23.1 Å². The SMILES string of the molecule is CCCOc1cccc(/C(O)=C2/C(=O)C(=O)N(c3ccc(C#N)cc3)C2c2ccc(O)c(OCC)c2)c1. The Morgan fingerprint density at radius 2 is 1.78 bits per heavy atom. The number of hydrogen-bond donors (Lipinski definition) is 2. The highest BCUT2D eigenvalue weighted by molar-refractivity contribution is 6.51. The number of ether oxygens (including phenoxy) is 2. The van der Waals surface area contributed by atoms with E-state index in [0.29, 0.717) is 34.7 Å². The number of aliphatic hydroxyl groups excluding tert-OH is 1. The Balaban J connectivity index is 1.91. The lowest BCUT2D eigenvalue weighted by Gasteiger charge is -2.26. The average molecular weight is 499 g/mol. The van der Waals surface area contributed by atoms with Crippen LogP contribution in [0.3, 0.4) is 0 Å². The third-order valence-electron chi connectivity index (χ3n) is 5.90. The minimum absolute atomic E-state index is 0.0956. The van der Waals surface area contributed by atoms with Gasteiger partial charge in [-0.3, -0.25) is 14.5 Å². The zero-order valence-corrected chi connectivity index (χ0v) is 20.5. The molecule has 0 aliphatic carbocycles. The number of phenols is 1. The molecule has 1 unspecified atom stereocenters. The van der Waals surface area contributed by atoms with Crippen molar-refractivity contribution in [3.05, 3.63) is 89.0 Å². The van der Waals surface area contributed by atoms with Gasteiger partial charge in [-0.2, -0.15) is 5.26 Å². The molecule has 1 saturated heterocycles. The predicted octanol–water partition coefficient (Wildman–Crippen LogP) is 5.08. The number of ketones is 1. The highest BCUT2D eigenvalue weighted by Crippen LogP contribution is 2.44. The molecule has 4 rings (SSSR count). The van der Waals surface area contributed by atoms with Crippen LogP contribution in [0.4, 0.5) is 5.69 Å². The van der Waals surface area contributed by atoms with Crippen molar-refractivity contribution in [2.45, 2.75) is 26.3 Å². The number of aliphatic hydroxyl groups is 1. The van der Waals surface area contributed by atoms with E-state index in [-0.39, 0.29) is 29.4 Å². The number of amides is 1. The van der Waals surface area contributed by atoms with Gasteiger partial charge in [0.05, 0.1) is 36.5 Å². The molecular weight excluding hydrogens is 472 g/mol. The van der Waals surface area contributed by atoms with Crippen LogP contribution in [-0.2, 0) is 9.59 Å². The lowest BCUT2D eigenvalue weighted by molar-refractivity contribution is -0.132. The second-order valence-electron chi connectivity index (χ2n) is 8.36. The zero-order valence-electron chi connectivity index (χ0n) is 20.5. The first kappa shape index (κ1) is 25.3. The Morgan fingerprint density at radius 1 is 1.03 bits per heavy atom. The van der Waals surface area contributed by atoms with Crippen molar-refractivity contribution in [2.24, 2.45) is 0 Å². The van der Waals surface area contributed by atoms with E-state index in [0.717, 1.165) is 6.42 Å². The van der Waals surface area contributed by atoms with E-state index < -0.39 is 17.7 Å². The summed E-state index contributed by atoms with van der Waals surface area (Å²) in [5, 5.41) is 30.8. The number of nitriles is 1. The summed E-state index contributed by atoms with van der Waals surface area (Å²) in [6, 6.07) is 18.4. The standard InChI is InChI=1S/C29H26N2O6/c1-3-14-37-22-7-5-6-20(15-22)27(33)25-26(19-10-13-23(32)24(16-19)36-4-2)31(29(35)28(25)34)21-11-8-18(17-30)9-12-21/h5-13,15-16,26,32-33H,3-4,14H2,1-2H3/b27-25-. The summed E-state index contributed by atoms with van der Waals surface area (Å²) in [5.41, 5.74) is 1.42. The van der Waals surface area contributed by atoms with E-state index in [1.165, 1.54) is 11.0 Å². The number of phenolic OH excluding ortho intramolecular Hbond substituents is 1. The van der Waals surface area contributed by atoms with Gasteiger partial charge < -0.3 is 19.7 Å². The molecule has 1 atom stereocenters. The van der Waals surface area contributed by atoms with Crippen LogP contribution < -0.4 is 14.4 Å². The summed E-state index contributed by atoms with van der Waals surface area (Å²) in [6.07, 6.45) is 0.801. The quantitative estimate of drug-likeness (QED) is 0.252. The molecule has 188 valence electrons. The van der Waals surface area contributed by atoms with Gasteiger partial charge in [0.1, 0.15) is 11.5 Å². The maximum absolute atomic E-state index is 13.4. The molecule has 8 heteroatoms. The number of carbonyl (C=O) groups is 2. The third-order valence-corrected chi connectivity index (χ3v) is 5.90. The summed E-state index contributed by atoms with van der Waals surface area (Å²) in [7, 11) is 0. The first-order chi connectivity index (χ1) is 17.9. The first-order valence-electron chi connectivity index (χ1n) is 11.9.